The maximum Gasteiger partial charge on any atom is 0.250 e. The van der Waals surface area contributed by atoms with Crippen molar-refractivity contribution in [1.29, 1.82) is 0 Å². The van der Waals surface area contributed by atoms with Gasteiger partial charge in [-0.2, -0.15) is 0 Å². The molecule has 14 heavy (non-hydrogen) atoms. The molecule has 0 bridgehead atoms. The summed E-state index contributed by atoms with van der Waals surface area (Å²) in [5.41, 5.74) is 0. The van der Waals surface area contributed by atoms with E-state index < -0.39 is 11.3 Å². The number of carbonyl (C=O) groups excluding carboxylic acids is 1. The van der Waals surface area contributed by atoms with Crippen LogP contribution in [0.4, 0.5) is 0 Å². The smallest absolute Gasteiger partial charge is 0.250 e. The van der Waals surface area contributed by atoms with Crippen LogP contribution in [0.2, 0.25) is 0 Å². The second-order valence-corrected chi connectivity index (χ2v) is 3.96. The minimum Gasteiger partial charge on any atom is -0.369 e. The zero-order valence-corrected chi connectivity index (χ0v) is 9.98. The van der Waals surface area contributed by atoms with E-state index in [1.807, 2.05) is 0 Å². The van der Waals surface area contributed by atoms with Gasteiger partial charge in [0.2, 0.25) is 5.24 Å². The Morgan fingerprint density at radius 1 is 1.21 bits per heavy atom. The van der Waals surface area contributed by atoms with Gasteiger partial charge in [0.15, 0.2) is 0 Å². The highest BCUT2D eigenvalue weighted by Crippen LogP contribution is 2.06. The van der Waals surface area contributed by atoms with Crippen LogP contribution < -0.4 is 0 Å². The van der Waals surface area contributed by atoms with Gasteiger partial charge < -0.3 is 4.74 Å². The number of hydrogen-bond donors (Lipinski definition) is 0. The summed E-state index contributed by atoms with van der Waals surface area (Å²) in [5.74, 6) is 0. The van der Waals surface area contributed by atoms with Gasteiger partial charge >= 0.3 is 0 Å². The van der Waals surface area contributed by atoms with Gasteiger partial charge in [-0.1, -0.05) is 39.0 Å². The van der Waals surface area contributed by atoms with Gasteiger partial charge in [0, 0.05) is 6.61 Å². The second-order valence-electron chi connectivity index (χ2n) is 3.58. The first-order valence-electron chi connectivity index (χ1n) is 5.49. The Kier molecular flexibility index (Phi) is 9.42. The second kappa shape index (κ2) is 9.47. The van der Waals surface area contributed by atoms with Crippen molar-refractivity contribution >= 4 is 16.8 Å². The Balaban J connectivity index is 3.09. The van der Waals surface area contributed by atoms with Crippen LogP contribution in [-0.2, 0) is 9.53 Å². The first-order chi connectivity index (χ1) is 6.68. The first kappa shape index (κ1) is 13.9. The Hall–Kier alpha value is -0.0800. The number of hydrogen-bond acceptors (Lipinski definition) is 2. The molecule has 1 unspecified atom stereocenters. The molecule has 0 spiro atoms. The number of halogens is 1. The minimum atomic E-state index is -0.452. The van der Waals surface area contributed by atoms with Crippen LogP contribution >= 0.6 is 11.6 Å². The van der Waals surface area contributed by atoms with Crippen molar-refractivity contribution in [2.45, 2.75) is 58.5 Å². The van der Waals surface area contributed by atoms with Gasteiger partial charge in [0.05, 0.1) is 0 Å². The molecule has 0 radical (unpaired) electrons. The Labute approximate surface area is 92.0 Å². The van der Waals surface area contributed by atoms with E-state index in [1.165, 1.54) is 32.1 Å². The third-order valence-electron chi connectivity index (χ3n) is 2.19. The summed E-state index contributed by atoms with van der Waals surface area (Å²) in [6.07, 6.45) is 6.92. The molecule has 0 fully saturated rings. The molecule has 0 aromatic rings. The highest BCUT2D eigenvalue weighted by atomic mass is 35.5. The fourth-order valence-electron chi connectivity index (χ4n) is 1.21. The average Bonchev–Trinajstić information content (AvgIpc) is 2.16. The normalized spacial score (nSPS) is 12.8. The van der Waals surface area contributed by atoms with Crippen molar-refractivity contribution in [2.24, 2.45) is 0 Å². The Morgan fingerprint density at radius 3 is 2.36 bits per heavy atom. The van der Waals surface area contributed by atoms with Gasteiger partial charge in [-0.15, -0.1) is 0 Å². The van der Waals surface area contributed by atoms with Crippen molar-refractivity contribution in [2.75, 3.05) is 6.61 Å². The number of unbranched alkanes of at least 4 members (excludes halogenated alkanes) is 5. The van der Waals surface area contributed by atoms with Crippen molar-refractivity contribution in [3.8, 4) is 0 Å². The van der Waals surface area contributed by atoms with Crippen LogP contribution in [-0.4, -0.2) is 18.0 Å². The molecular weight excluding hydrogens is 200 g/mol. The fourth-order valence-corrected chi connectivity index (χ4v) is 1.27. The monoisotopic (exact) mass is 220 g/mol. The van der Waals surface area contributed by atoms with E-state index >= 15 is 0 Å². The van der Waals surface area contributed by atoms with Gasteiger partial charge in [0.25, 0.3) is 0 Å². The minimum absolute atomic E-state index is 0.406. The first-order valence-corrected chi connectivity index (χ1v) is 5.87. The van der Waals surface area contributed by atoms with E-state index in [2.05, 4.69) is 6.92 Å². The third kappa shape index (κ3) is 8.52. The molecule has 0 aliphatic carbocycles. The van der Waals surface area contributed by atoms with Crippen molar-refractivity contribution in [3.63, 3.8) is 0 Å². The predicted molar refractivity (Wildman–Crippen MR) is 59.7 cm³/mol. The molecule has 0 N–H and O–H groups in total. The van der Waals surface area contributed by atoms with Crippen LogP contribution in [0.15, 0.2) is 0 Å². The standard InChI is InChI=1S/C11H21ClO2/c1-3-4-5-6-7-8-9-14-10(2)11(12)13/h10H,3-9H2,1-2H3. The molecule has 0 saturated carbocycles. The molecule has 0 aromatic carbocycles. The Morgan fingerprint density at radius 2 is 1.79 bits per heavy atom. The molecule has 0 aliphatic heterocycles. The predicted octanol–water partition coefficient (Wildman–Crippen LogP) is 3.52. The van der Waals surface area contributed by atoms with E-state index in [1.54, 1.807) is 6.92 Å². The molecule has 0 amide bonds. The molecule has 3 heteroatoms. The molecule has 1 atom stereocenters. The summed E-state index contributed by atoms with van der Waals surface area (Å²) in [5, 5.41) is -0.406. The van der Waals surface area contributed by atoms with E-state index in [9.17, 15) is 4.79 Å². The average molecular weight is 221 g/mol. The Bertz CT molecular complexity index is 148. The van der Waals surface area contributed by atoms with E-state index in [-0.39, 0.29) is 0 Å². The summed E-state index contributed by atoms with van der Waals surface area (Å²) >= 11 is 5.25. The summed E-state index contributed by atoms with van der Waals surface area (Å²) < 4.78 is 5.23. The molecule has 0 aromatic heterocycles. The van der Waals surface area contributed by atoms with Crippen LogP contribution in [0.25, 0.3) is 0 Å². The van der Waals surface area contributed by atoms with Crippen molar-refractivity contribution < 1.29 is 9.53 Å². The van der Waals surface area contributed by atoms with E-state index in [4.69, 9.17) is 16.3 Å². The molecule has 0 heterocycles. The van der Waals surface area contributed by atoms with E-state index in [0.717, 1.165) is 6.42 Å². The molecule has 2 nitrogen and oxygen atoms in total. The topological polar surface area (TPSA) is 26.3 Å². The summed E-state index contributed by atoms with van der Waals surface area (Å²) in [7, 11) is 0. The summed E-state index contributed by atoms with van der Waals surface area (Å²) in [6.45, 7) is 4.54. The molecule has 0 aliphatic rings. The van der Waals surface area contributed by atoms with Crippen LogP contribution in [0.3, 0.4) is 0 Å². The molecule has 84 valence electrons. The molecular formula is C11H21ClO2. The van der Waals surface area contributed by atoms with Crippen LogP contribution in [0.5, 0.6) is 0 Å². The maximum absolute atomic E-state index is 10.6. The van der Waals surface area contributed by atoms with Crippen molar-refractivity contribution in [1.82, 2.24) is 0 Å². The van der Waals surface area contributed by atoms with Crippen LogP contribution in [0.1, 0.15) is 52.4 Å². The third-order valence-corrected chi connectivity index (χ3v) is 2.49. The number of carbonyl (C=O) groups is 1. The molecule has 0 rings (SSSR count). The lowest BCUT2D eigenvalue weighted by Crippen LogP contribution is -2.16. The van der Waals surface area contributed by atoms with Crippen LogP contribution in [0, 0.1) is 0 Å². The zero-order valence-electron chi connectivity index (χ0n) is 9.22. The highest BCUT2D eigenvalue weighted by molar-refractivity contribution is 6.64. The highest BCUT2D eigenvalue weighted by Gasteiger charge is 2.08. The molecule has 0 saturated heterocycles. The van der Waals surface area contributed by atoms with Gasteiger partial charge in [-0.3, -0.25) is 4.79 Å². The quantitative estimate of drug-likeness (QED) is 0.439. The SMILES string of the molecule is CCCCCCCCOC(C)C(=O)Cl. The lowest BCUT2D eigenvalue weighted by Gasteiger charge is -2.07. The van der Waals surface area contributed by atoms with E-state index in [0.29, 0.717) is 6.61 Å². The fraction of sp³-hybridized carbons (Fsp3) is 0.909. The van der Waals surface area contributed by atoms with Gasteiger partial charge in [-0.05, 0) is 24.9 Å². The summed E-state index contributed by atoms with van der Waals surface area (Å²) in [4.78, 5) is 10.6. The maximum atomic E-state index is 10.6. The van der Waals surface area contributed by atoms with Gasteiger partial charge in [-0.25, -0.2) is 0 Å². The number of rotatable bonds is 9. The zero-order chi connectivity index (χ0) is 10.8. The summed E-state index contributed by atoms with van der Waals surface area (Å²) in [6, 6.07) is 0. The van der Waals surface area contributed by atoms with Crippen molar-refractivity contribution in [3.05, 3.63) is 0 Å². The van der Waals surface area contributed by atoms with Gasteiger partial charge in [0.1, 0.15) is 6.10 Å². The number of ether oxygens (including phenoxy) is 1. The lowest BCUT2D eigenvalue weighted by molar-refractivity contribution is -0.121. The largest absolute Gasteiger partial charge is 0.369 e. The lowest BCUT2D eigenvalue weighted by atomic mass is 10.1.